The standard InChI is InChI=1S/C16H20N6O/c1-11-5-7-22(14(23)8-17-2)9-13(11)21(3)16-12-4-6-18-15(12)19-10-20-16/h4,6,10-11,13H,5,7-9H2,1,3H3,(H,18,19,20)/t11-,13+/m1/s1/i1D3,3D3,4D,7D2,9D2,10D,11D,13D. The van der Waals surface area contributed by atoms with Crippen LogP contribution in [0.15, 0.2) is 18.5 Å². The molecule has 1 N–H and O–H groups in total. The molecule has 23 heavy (non-hydrogen) atoms. The van der Waals surface area contributed by atoms with Crippen molar-refractivity contribution in [2.45, 2.75) is 19.3 Å². The Morgan fingerprint density at radius 2 is 2.70 bits per heavy atom. The first kappa shape index (κ1) is 5.78. The van der Waals surface area contributed by atoms with Crippen molar-refractivity contribution in [3.63, 3.8) is 0 Å². The molecule has 0 unspecified atom stereocenters. The first-order valence-electron chi connectivity index (χ1n) is 13.4. The van der Waals surface area contributed by atoms with Crippen LogP contribution in [0, 0.1) is 12.5 Å². The Kier molecular flexibility index (Phi) is 1.57. The molecular weight excluding hydrogens is 292 g/mol. The fourth-order valence-electron chi connectivity index (χ4n) is 1.95. The molecule has 0 saturated carbocycles. The summed E-state index contributed by atoms with van der Waals surface area (Å²) in [4.78, 5) is 25.0. The lowest BCUT2D eigenvalue weighted by Gasteiger charge is -2.41. The number of hydrogen-bond acceptors (Lipinski definition) is 4. The molecule has 2 aromatic heterocycles. The Labute approximate surface area is 154 Å². The van der Waals surface area contributed by atoms with Gasteiger partial charge >= 0.3 is 5.91 Å². The van der Waals surface area contributed by atoms with Crippen LogP contribution < -0.4 is 4.90 Å². The Morgan fingerprint density at radius 3 is 3.48 bits per heavy atom. The van der Waals surface area contributed by atoms with E-state index < -0.39 is 81.2 Å². The number of hydrogen-bond donors (Lipinski definition) is 1. The maximum absolute atomic E-state index is 12.8. The Bertz CT molecular complexity index is 1280. The Balaban J connectivity index is 2.55. The number of likely N-dealkylation sites (N-methyl/N-ethyl adjacent to an activating group) is 1. The number of fused-ring (bicyclic) bond motifs is 1. The van der Waals surface area contributed by atoms with Crippen LogP contribution in [0.4, 0.5) is 5.82 Å². The van der Waals surface area contributed by atoms with E-state index in [1.807, 2.05) is 0 Å². The summed E-state index contributed by atoms with van der Waals surface area (Å²) in [6.45, 7) is -8.76. The number of piperidine rings is 1. The number of carbonyl (C=O) groups is 1. The molecule has 0 radical (unpaired) electrons. The summed E-state index contributed by atoms with van der Waals surface area (Å²) in [7, 11) is 0. The zero-order valence-electron chi connectivity index (χ0n) is 25.6. The number of carbonyl (C=O) groups excluding carboxylic acids is 1. The average molecular weight is 326 g/mol. The maximum Gasteiger partial charge on any atom is 0.302 e. The van der Waals surface area contributed by atoms with Crippen molar-refractivity contribution in [2.24, 2.45) is 5.89 Å². The van der Waals surface area contributed by atoms with Crippen molar-refractivity contribution >= 4 is 22.8 Å². The monoisotopic (exact) mass is 326 g/mol. The van der Waals surface area contributed by atoms with Crippen molar-refractivity contribution in [3.8, 4) is 0 Å². The molecule has 1 aliphatic heterocycles. The van der Waals surface area contributed by atoms with Crippen molar-refractivity contribution in [2.75, 3.05) is 31.4 Å². The second-order valence-corrected chi connectivity index (χ2v) is 4.46. The predicted molar refractivity (Wildman–Crippen MR) is 87.9 cm³/mol. The lowest BCUT2D eigenvalue weighted by atomic mass is 9.92. The number of H-pyrrole nitrogens is 1. The van der Waals surface area contributed by atoms with Crippen LogP contribution in [0.5, 0.6) is 0 Å². The van der Waals surface area contributed by atoms with E-state index >= 15 is 0 Å². The molecule has 2 aromatic rings. The highest BCUT2D eigenvalue weighted by Crippen LogP contribution is 2.28. The molecule has 1 amide bonds. The molecule has 0 spiro atoms. The number of nitrogens with zero attached hydrogens (tertiary/aromatic N) is 5. The van der Waals surface area contributed by atoms with Gasteiger partial charge in [0.1, 0.15) is 19.1 Å². The molecule has 2 atom stereocenters. The molecule has 3 rings (SSSR count). The summed E-state index contributed by atoms with van der Waals surface area (Å²) in [6.07, 6.45) is -1.40. The molecule has 7 heteroatoms. The van der Waals surface area contributed by atoms with Crippen molar-refractivity contribution in [1.29, 1.82) is 0 Å². The van der Waals surface area contributed by atoms with Gasteiger partial charge in [-0.15, -0.1) is 0 Å². The molecule has 3 heterocycles. The van der Waals surface area contributed by atoms with E-state index in [0.717, 1.165) is 6.20 Å². The summed E-state index contributed by atoms with van der Waals surface area (Å²) >= 11 is 0. The highest BCUT2D eigenvalue weighted by molar-refractivity contribution is 5.87. The van der Waals surface area contributed by atoms with Crippen LogP contribution in [0.3, 0.4) is 0 Å². The minimum absolute atomic E-state index is 0.180. The van der Waals surface area contributed by atoms with E-state index in [4.69, 9.17) is 24.4 Å². The third-order valence-electron chi connectivity index (χ3n) is 3.02. The largest absolute Gasteiger partial charge is 0.354 e. The molecule has 0 aliphatic carbocycles. The molecule has 0 bridgehead atoms. The van der Waals surface area contributed by atoms with Gasteiger partial charge in [-0.05, 0) is 18.4 Å². The number of nitrogens with one attached hydrogen (secondary N) is 1. The minimum Gasteiger partial charge on any atom is -0.354 e. The number of amides is 1. The lowest BCUT2D eigenvalue weighted by Crippen LogP contribution is -2.53. The van der Waals surface area contributed by atoms with E-state index in [1.165, 1.54) is 0 Å². The Morgan fingerprint density at radius 1 is 1.78 bits per heavy atom. The van der Waals surface area contributed by atoms with Crippen LogP contribution >= 0.6 is 0 Å². The number of aromatic amines is 1. The van der Waals surface area contributed by atoms with Crippen LogP contribution in [0.2, 0.25) is 0 Å². The van der Waals surface area contributed by atoms with Gasteiger partial charge < -0.3 is 19.6 Å². The van der Waals surface area contributed by atoms with E-state index in [0.29, 0.717) is 0 Å². The average Bonchev–Trinajstić information content (AvgIpc) is 3.04. The molecule has 1 saturated heterocycles. The van der Waals surface area contributed by atoms with Crippen molar-refractivity contribution < 1.29 is 24.0 Å². The van der Waals surface area contributed by atoms with Gasteiger partial charge in [0.05, 0.1) is 16.9 Å². The number of aromatic nitrogens is 3. The van der Waals surface area contributed by atoms with Gasteiger partial charge in [0.25, 0.3) is 6.54 Å². The normalized spacial score (nSPS) is 42.0. The van der Waals surface area contributed by atoms with Crippen LogP contribution in [-0.4, -0.2) is 58.3 Å². The van der Waals surface area contributed by atoms with Gasteiger partial charge in [-0.1, -0.05) is 6.85 Å². The first-order chi connectivity index (χ1) is 16.6. The smallest absolute Gasteiger partial charge is 0.302 e. The van der Waals surface area contributed by atoms with Gasteiger partial charge in [0.15, 0.2) is 0 Å². The highest BCUT2D eigenvalue weighted by atomic mass is 16.2. The van der Waals surface area contributed by atoms with E-state index in [-0.39, 0.29) is 15.4 Å². The fourth-order valence-corrected chi connectivity index (χ4v) is 1.95. The highest BCUT2D eigenvalue weighted by Gasteiger charge is 2.33. The zero-order valence-corrected chi connectivity index (χ0v) is 11.6. The molecule has 1 aliphatic rings. The summed E-state index contributed by atoms with van der Waals surface area (Å²) in [5, 5.41) is -0.449. The van der Waals surface area contributed by atoms with Crippen LogP contribution in [0.25, 0.3) is 15.9 Å². The van der Waals surface area contributed by atoms with E-state index in [2.05, 4.69) is 19.8 Å². The summed E-state index contributed by atoms with van der Waals surface area (Å²) in [5.41, 5.74) is -0.282. The topological polar surface area (TPSA) is 69.5 Å². The van der Waals surface area contributed by atoms with Gasteiger partial charge in [0, 0.05) is 38.5 Å². The molecule has 7 nitrogen and oxygen atoms in total. The fraction of sp³-hybridized carbons (Fsp3) is 0.500. The first-order valence-corrected chi connectivity index (χ1v) is 6.37. The van der Waals surface area contributed by atoms with Crippen molar-refractivity contribution in [3.05, 3.63) is 30.0 Å². The molecule has 120 valence electrons. The van der Waals surface area contributed by atoms with Gasteiger partial charge in [-0.25, -0.2) is 16.5 Å². The molecular formula is C16H20N6O. The number of anilines is 1. The summed E-state index contributed by atoms with van der Waals surface area (Å²) in [5.74, 6) is -6.08. The third kappa shape index (κ3) is 2.84. The summed E-state index contributed by atoms with van der Waals surface area (Å²) < 4.78 is 116. The van der Waals surface area contributed by atoms with Crippen molar-refractivity contribution in [1.82, 2.24) is 19.9 Å². The quantitative estimate of drug-likeness (QED) is 0.869. The zero-order chi connectivity index (χ0) is 28.6. The van der Waals surface area contributed by atoms with Gasteiger partial charge in [0.2, 0.25) is 0 Å². The number of rotatable bonds is 3. The maximum atomic E-state index is 12.8. The predicted octanol–water partition coefficient (Wildman–Crippen LogP) is 1.55. The third-order valence-corrected chi connectivity index (χ3v) is 3.02. The van der Waals surface area contributed by atoms with E-state index in [9.17, 15) is 6.17 Å². The second kappa shape index (κ2) is 6.24. The minimum atomic E-state index is -3.90. The lowest BCUT2D eigenvalue weighted by molar-refractivity contribution is -0.130. The number of likely N-dealkylation sites (tertiary alicyclic amines) is 1. The second-order valence-electron chi connectivity index (χ2n) is 4.46. The molecule has 1 fully saturated rings. The van der Waals surface area contributed by atoms with E-state index in [1.54, 1.807) is 0 Å². The van der Waals surface area contributed by atoms with Gasteiger partial charge in [-0.3, -0.25) is 4.79 Å². The SMILES string of the molecule is [2H]c1nc(N(C([2H])([2H])[2H])[C@@]2([2H])C([2H])([2H])N(C(=O)C[N+]#[C-])C([2H])([2H])C[C@@]2([2H])C([2H])([2H])[2H])c2c([2H])c[nH]c2n1. The van der Waals surface area contributed by atoms with Crippen LogP contribution in [0.1, 0.15) is 32.5 Å². The molecule has 0 aromatic carbocycles. The van der Waals surface area contributed by atoms with Gasteiger partial charge in [-0.2, -0.15) is 0 Å². The van der Waals surface area contributed by atoms with Crippen LogP contribution in [-0.2, 0) is 4.79 Å². The summed E-state index contributed by atoms with van der Waals surface area (Å²) in [6, 6.07) is -4.35. The Hall–Kier alpha value is -2.62.